The van der Waals surface area contributed by atoms with Gasteiger partial charge in [0.15, 0.2) is 11.6 Å². The number of aryl methyl sites for hydroxylation is 2. The van der Waals surface area contributed by atoms with Crippen molar-refractivity contribution < 1.29 is 28.8 Å². The summed E-state index contributed by atoms with van der Waals surface area (Å²) in [6.07, 6.45) is 5.85. The van der Waals surface area contributed by atoms with Gasteiger partial charge in [-0.3, -0.25) is 38.8 Å². The molecule has 0 aliphatic carbocycles. The van der Waals surface area contributed by atoms with E-state index in [1.807, 2.05) is 46.8 Å². The molecule has 0 spiro atoms. The highest BCUT2D eigenvalue weighted by atomic mass is 16.2. The molecule has 1 fully saturated rings. The first-order valence-corrected chi connectivity index (χ1v) is 20.1. The molecule has 3 atom stereocenters. The van der Waals surface area contributed by atoms with Crippen LogP contribution in [0.5, 0.6) is 0 Å². The van der Waals surface area contributed by atoms with Crippen molar-refractivity contribution >= 4 is 58.5 Å². The van der Waals surface area contributed by atoms with Gasteiger partial charge in [0.2, 0.25) is 23.7 Å². The second-order valence-corrected chi connectivity index (χ2v) is 16.5. The van der Waals surface area contributed by atoms with Gasteiger partial charge in [0.05, 0.1) is 24.5 Å². The molecular weight excluding hydrogens is 739 g/mol. The van der Waals surface area contributed by atoms with Gasteiger partial charge in [-0.25, -0.2) is 9.78 Å². The highest BCUT2D eigenvalue weighted by Gasteiger charge is 2.41. The zero-order valence-electron chi connectivity index (χ0n) is 35.1. The van der Waals surface area contributed by atoms with E-state index in [1.165, 1.54) is 16.7 Å². The van der Waals surface area contributed by atoms with Crippen molar-refractivity contribution in [2.45, 2.75) is 118 Å². The van der Waals surface area contributed by atoms with Gasteiger partial charge in [0.1, 0.15) is 17.4 Å². The predicted octanol–water partition coefficient (Wildman–Crippen LogP) is 5.80. The standard InChI is InChI=1S/C43H57N9O6/c1-10-12-30(39(56)51-18-11-13-34(51)38(55)49-43(7,8)40(57)47-33(28(6)53)19-25(2)3)21-36(54)29-16-14-26(4)35(20-29)52-24-31-22-45-41(48-37(31)50(9)42(52)58)46-32-17-15-27(5)44-23-32/h14-17,20,22-23,25,30,33-34H,10-13,18-19,21,24H2,1-9H3,(H,47,57)(H,49,55)(H,45,46,48)/t30-,33+,34+/m1/s1. The average molecular weight is 796 g/mol. The minimum atomic E-state index is -1.35. The third-order valence-electron chi connectivity index (χ3n) is 10.8. The maximum Gasteiger partial charge on any atom is 0.330 e. The van der Waals surface area contributed by atoms with Crippen LogP contribution in [0.4, 0.5) is 27.9 Å². The van der Waals surface area contributed by atoms with Gasteiger partial charge in [-0.1, -0.05) is 39.3 Å². The number of carbonyl (C=O) groups is 6. The number of ketones is 2. The summed E-state index contributed by atoms with van der Waals surface area (Å²) in [5, 5.41) is 8.73. The number of pyridine rings is 1. The minimum absolute atomic E-state index is 0.0764. The normalized spacial score (nSPS) is 16.5. The lowest BCUT2D eigenvalue weighted by Gasteiger charge is -2.35. The number of aromatic nitrogens is 3. The largest absolute Gasteiger partial charge is 0.344 e. The molecule has 0 saturated carbocycles. The number of amides is 5. The number of Topliss-reactive ketones (excluding diaryl/α,β-unsaturated/α-hetero) is 2. The number of likely N-dealkylation sites (tertiary alicyclic amines) is 1. The summed E-state index contributed by atoms with van der Waals surface area (Å²) in [5.41, 5.74) is 2.67. The summed E-state index contributed by atoms with van der Waals surface area (Å²) in [4.78, 5) is 99.0. The van der Waals surface area contributed by atoms with Crippen LogP contribution >= 0.6 is 0 Å². The zero-order chi connectivity index (χ0) is 42.5. The van der Waals surface area contributed by atoms with E-state index in [9.17, 15) is 28.8 Å². The van der Waals surface area contributed by atoms with Gasteiger partial charge < -0.3 is 20.9 Å². The third-order valence-corrected chi connectivity index (χ3v) is 10.8. The summed E-state index contributed by atoms with van der Waals surface area (Å²) in [5.74, 6) is -1.36. The Morgan fingerprint density at radius 3 is 2.41 bits per heavy atom. The van der Waals surface area contributed by atoms with Crippen molar-refractivity contribution in [3.8, 4) is 0 Å². The Hall–Kier alpha value is -5.73. The molecule has 15 heteroatoms. The van der Waals surface area contributed by atoms with E-state index in [2.05, 4.69) is 30.9 Å². The van der Waals surface area contributed by atoms with Crippen LogP contribution in [0.25, 0.3) is 0 Å². The Morgan fingerprint density at radius 1 is 1.02 bits per heavy atom. The molecule has 58 heavy (non-hydrogen) atoms. The number of benzene rings is 1. The molecule has 3 aromatic rings. The van der Waals surface area contributed by atoms with Gasteiger partial charge in [-0.15, -0.1) is 0 Å². The fraction of sp³-hybridized carbons (Fsp3) is 0.512. The zero-order valence-corrected chi connectivity index (χ0v) is 35.1. The molecular formula is C43H57N9O6. The first kappa shape index (κ1) is 43.4. The van der Waals surface area contributed by atoms with E-state index in [0.29, 0.717) is 67.4 Å². The molecule has 15 nitrogen and oxygen atoms in total. The van der Waals surface area contributed by atoms with Crippen LogP contribution < -0.4 is 25.8 Å². The quantitative estimate of drug-likeness (QED) is 0.150. The van der Waals surface area contributed by atoms with E-state index in [4.69, 9.17) is 0 Å². The van der Waals surface area contributed by atoms with Crippen LogP contribution in [0, 0.1) is 25.7 Å². The average Bonchev–Trinajstić information content (AvgIpc) is 3.67. The number of urea groups is 1. The number of hydrogen-bond donors (Lipinski definition) is 3. The number of anilines is 4. The monoisotopic (exact) mass is 795 g/mol. The Balaban J connectivity index is 1.28. The topological polar surface area (TPSA) is 187 Å². The number of fused-ring (bicyclic) bond motifs is 1. The van der Waals surface area contributed by atoms with Gasteiger partial charge >= 0.3 is 6.03 Å². The van der Waals surface area contributed by atoms with E-state index < -0.39 is 35.4 Å². The van der Waals surface area contributed by atoms with Crippen LogP contribution in [0.1, 0.15) is 107 Å². The van der Waals surface area contributed by atoms with Crippen molar-refractivity contribution in [3.63, 3.8) is 0 Å². The molecule has 0 unspecified atom stereocenters. The smallest absolute Gasteiger partial charge is 0.330 e. The first-order valence-electron chi connectivity index (χ1n) is 20.1. The van der Waals surface area contributed by atoms with Crippen LogP contribution in [0.15, 0.2) is 42.7 Å². The van der Waals surface area contributed by atoms with E-state index in [-0.39, 0.29) is 42.4 Å². The Morgan fingerprint density at radius 2 is 1.76 bits per heavy atom. The van der Waals surface area contributed by atoms with Crippen molar-refractivity contribution in [2.75, 3.05) is 28.7 Å². The van der Waals surface area contributed by atoms with E-state index in [0.717, 1.165) is 16.8 Å². The van der Waals surface area contributed by atoms with Crippen molar-refractivity contribution in [2.24, 2.45) is 11.8 Å². The predicted molar refractivity (Wildman–Crippen MR) is 222 cm³/mol. The van der Waals surface area contributed by atoms with Crippen LogP contribution in [-0.4, -0.2) is 86.4 Å². The molecule has 2 aromatic heterocycles. The number of carbonyl (C=O) groups excluding carboxylic acids is 6. The molecule has 1 saturated heterocycles. The summed E-state index contributed by atoms with van der Waals surface area (Å²) >= 11 is 0. The van der Waals surface area contributed by atoms with Gasteiger partial charge in [-0.05, 0) is 90.0 Å². The molecule has 3 N–H and O–H groups in total. The number of rotatable bonds is 16. The Kier molecular flexibility index (Phi) is 13.6. The van der Waals surface area contributed by atoms with Crippen LogP contribution in [0.3, 0.4) is 0 Å². The summed E-state index contributed by atoms with van der Waals surface area (Å²) in [6, 6.07) is 7.14. The van der Waals surface area contributed by atoms with Gasteiger partial charge in [0, 0.05) is 54.6 Å². The van der Waals surface area contributed by atoms with Crippen LogP contribution in [0.2, 0.25) is 0 Å². The molecule has 5 rings (SSSR count). The molecule has 0 bridgehead atoms. The lowest BCUT2D eigenvalue weighted by molar-refractivity contribution is -0.143. The first-order chi connectivity index (χ1) is 27.4. The van der Waals surface area contributed by atoms with Crippen LogP contribution in [-0.2, 0) is 25.7 Å². The van der Waals surface area contributed by atoms with Crippen molar-refractivity contribution in [3.05, 3.63) is 65.1 Å². The number of nitrogens with one attached hydrogen (secondary N) is 3. The van der Waals surface area contributed by atoms with Crippen molar-refractivity contribution in [1.82, 2.24) is 30.5 Å². The highest BCUT2D eigenvalue weighted by Crippen LogP contribution is 2.33. The fourth-order valence-corrected chi connectivity index (χ4v) is 7.43. The third kappa shape index (κ3) is 10.0. The molecule has 0 radical (unpaired) electrons. The lowest BCUT2D eigenvalue weighted by Crippen LogP contribution is -2.60. The van der Waals surface area contributed by atoms with E-state index >= 15 is 0 Å². The molecule has 2 aliphatic rings. The molecule has 5 amide bonds. The Bertz CT molecular complexity index is 2050. The molecule has 1 aromatic carbocycles. The maximum atomic E-state index is 14.1. The lowest BCUT2D eigenvalue weighted by atomic mass is 9.92. The van der Waals surface area contributed by atoms with Crippen molar-refractivity contribution in [1.29, 1.82) is 0 Å². The summed E-state index contributed by atoms with van der Waals surface area (Å²) in [7, 11) is 1.64. The second kappa shape index (κ2) is 18.2. The molecule has 4 heterocycles. The van der Waals surface area contributed by atoms with E-state index in [1.54, 1.807) is 56.4 Å². The number of hydrogen-bond acceptors (Lipinski definition) is 10. The molecule has 310 valence electrons. The molecule has 2 aliphatic heterocycles. The highest BCUT2D eigenvalue weighted by molar-refractivity contribution is 6.07. The summed E-state index contributed by atoms with van der Waals surface area (Å²) in [6.45, 7) is 14.7. The second-order valence-electron chi connectivity index (χ2n) is 16.5. The summed E-state index contributed by atoms with van der Waals surface area (Å²) < 4.78 is 0. The SMILES string of the molecule is CCC[C@H](CC(=O)c1ccc(C)c(N2Cc3cnc(Nc4ccc(C)nc4)nc3N(C)C2=O)c1)C(=O)N1CCC[C@H]1C(=O)NC(C)(C)C(=O)N[C@@H](CC(C)C)C(C)=O. The maximum absolute atomic E-state index is 14.1. The Labute approximate surface area is 340 Å². The number of nitrogens with zero attached hydrogens (tertiary/aromatic N) is 6. The minimum Gasteiger partial charge on any atom is -0.344 e. The fourth-order valence-electron chi connectivity index (χ4n) is 7.43. The van der Waals surface area contributed by atoms with Gasteiger partial charge in [-0.2, -0.15) is 4.98 Å². The van der Waals surface area contributed by atoms with Gasteiger partial charge in [0.25, 0.3) is 0 Å².